The number of benzene rings is 2. The Morgan fingerprint density at radius 3 is 2.35 bits per heavy atom. The molecule has 0 aliphatic carbocycles. The lowest BCUT2D eigenvalue weighted by molar-refractivity contribution is -0.384. The van der Waals surface area contributed by atoms with Gasteiger partial charge in [0.15, 0.2) is 0 Å². The number of nitro benzene ring substituents is 1. The van der Waals surface area contributed by atoms with Gasteiger partial charge in [-0.2, -0.15) is 13.2 Å². The van der Waals surface area contributed by atoms with Gasteiger partial charge in [0, 0.05) is 17.7 Å². The Morgan fingerprint density at radius 2 is 1.77 bits per heavy atom. The van der Waals surface area contributed by atoms with Crippen LogP contribution in [0.25, 0.3) is 0 Å². The second-order valence-electron chi connectivity index (χ2n) is 6.26. The first kappa shape index (κ1) is 23.6. The molecule has 0 heterocycles. The van der Waals surface area contributed by atoms with Crippen LogP contribution in [-0.2, 0) is 10.9 Å². The van der Waals surface area contributed by atoms with Crippen molar-refractivity contribution in [1.29, 1.82) is 0 Å². The van der Waals surface area contributed by atoms with Crippen molar-refractivity contribution in [2.45, 2.75) is 26.4 Å². The topological polar surface area (TPSA) is 108 Å². The second-order valence-corrected chi connectivity index (χ2v) is 6.26. The van der Waals surface area contributed by atoms with E-state index >= 15 is 0 Å². The first-order valence-corrected chi connectivity index (χ1v) is 9.18. The Bertz CT molecular complexity index is 991. The number of alkyl halides is 3. The van der Waals surface area contributed by atoms with Gasteiger partial charge in [0.1, 0.15) is 5.75 Å². The minimum Gasteiger partial charge on any atom is -0.491 e. The van der Waals surface area contributed by atoms with Gasteiger partial charge in [0.05, 0.1) is 35.0 Å². The minimum absolute atomic E-state index is 0.000697. The van der Waals surface area contributed by atoms with Crippen molar-refractivity contribution in [2.75, 3.05) is 18.5 Å². The zero-order valence-corrected chi connectivity index (χ0v) is 16.6. The van der Waals surface area contributed by atoms with Crippen molar-refractivity contribution in [1.82, 2.24) is 0 Å². The molecule has 0 atom stereocenters. The standard InChI is InChI=1S/C20H19F3N2O6/c1-3-7-31-17-6-5-14(20(21,22)23)11-16(17)24-18(26)12-8-13(19(27)30-4-2)10-15(9-12)25(28)29/h5-6,8-11H,3-4,7H2,1-2H3,(H,24,26). The van der Waals surface area contributed by atoms with Crippen molar-refractivity contribution in [3.05, 3.63) is 63.2 Å². The van der Waals surface area contributed by atoms with Gasteiger partial charge in [0.2, 0.25) is 0 Å². The summed E-state index contributed by atoms with van der Waals surface area (Å²) in [5, 5.41) is 13.4. The molecule has 0 saturated heterocycles. The van der Waals surface area contributed by atoms with E-state index in [9.17, 15) is 32.9 Å². The number of rotatable bonds is 8. The van der Waals surface area contributed by atoms with Crippen LogP contribution in [0, 0.1) is 10.1 Å². The van der Waals surface area contributed by atoms with Crippen LogP contribution >= 0.6 is 0 Å². The molecule has 1 N–H and O–H groups in total. The third-order valence-electron chi connectivity index (χ3n) is 3.92. The largest absolute Gasteiger partial charge is 0.491 e. The molecule has 0 bridgehead atoms. The number of non-ortho nitro benzene ring substituents is 1. The molecule has 31 heavy (non-hydrogen) atoms. The number of esters is 1. The monoisotopic (exact) mass is 440 g/mol. The zero-order chi connectivity index (χ0) is 23.2. The number of amides is 1. The fourth-order valence-corrected chi connectivity index (χ4v) is 2.52. The lowest BCUT2D eigenvalue weighted by atomic mass is 10.1. The van der Waals surface area contributed by atoms with Crippen LogP contribution in [0.1, 0.15) is 46.5 Å². The average molecular weight is 440 g/mol. The number of hydrogen-bond donors (Lipinski definition) is 1. The highest BCUT2D eigenvalue weighted by molar-refractivity contribution is 6.07. The predicted molar refractivity (Wildman–Crippen MR) is 104 cm³/mol. The Kier molecular flexibility index (Phi) is 7.56. The van der Waals surface area contributed by atoms with Crippen LogP contribution in [0.4, 0.5) is 24.5 Å². The Hall–Kier alpha value is -3.63. The molecule has 2 rings (SSSR count). The highest BCUT2D eigenvalue weighted by atomic mass is 19.4. The average Bonchev–Trinajstić information content (AvgIpc) is 2.71. The number of anilines is 1. The van der Waals surface area contributed by atoms with E-state index in [0.717, 1.165) is 30.3 Å². The molecule has 0 radical (unpaired) electrons. The molecule has 2 aromatic carbocycles. The van der Waals surface area contributed by atoms with Crippen molar-refractivity contribution < 1.29 is 37.2 Å². The van der Waals surface area contributed by atoms with Gasteiger partial charge in [-0.3, -0.25) is 14.9 Å². The normalized spacial score (nSPS) is 11.0. The van der Waals surface area contributed by atoms with E-state index in [1.807, 2.05) is 0 Å². The van der Waals surface area contributed by atoms with E-state index in [1.54, 1.807) is 6.92 Å². The summed E-state index contributed by atoms with van der Waals surface area (Å²) in [6, 6.07) is 5.48. The molecule has 0 aliphatic heterocycles. The van der Waals surface area contributed by atoms with Crippen molar-refractivity contribution in [2.24, 2.45) is 0 Å². The number of carbonyl (C=O) groups is 2. The van der Waals surface area contributed by atoms with Gasteiger partial charge in [-0.1, -0.05) is 6.92 Å². The van der Waals surface area contributed by atoms with E-state index in [2.05, 4.69) is 5.32 Å². The van der Waals surface area contributed by atoms with Crippen molar-refractivity contribution in [3.63, 3.8) is 0 Å². The number of halogens is 3. The number of carbonyl (C=O) groups excluding carboxylic acids is 2. The fraction of sp³-hybridized carbons (Fsp3) is 0.300. The molecular formula is C20H19F3N2O6. The molecule has 0 unspecified atom stereocenters. The van der Waals surface area contributed by atoms with Crippen LogP contribution in [-0.4, -0.2) is 30.0 Å². The maximum atomic E-state index is 13.1. The molecule has 0 saturated carbocycles. The summed E-state index contributed by atoms with van der Waals surface area (Å²) in [5.74, 6) is -1.85. The molecule has 1 amide bonds. The molecule has 166 valence electrons. The van der Waals surface area contributed by atoms with Gasteiger partial charge in [-0.25, -0.2) is 4.79 Å². The SMILES string of the molecule is CCCOc1ccc(C(F)(F)F)cc1NC(=O)c1cc(C(=O)OCC)cc([N+](=O)[O-])c1. The highest BCUT2D eigenvalue weighted by Crippen LogP contribution is 2.35. The third kappa shape index (κ3) is 6.17. The number of ether oxygens (including phenoxy) is 2. The highest BCUT2D eigenvalue weighted by Gasteiger charge is 2.31. The van der Waals surface area contributed by atoms with E-state index in [1.165, 1.54) is 6.92 Å². The summed E-state index contributed by atoms with van der Waals surface area (Å²) in [6.45, 7) is 3.53. The number of nitro groups is 1. The van der Waals surface area contributed by atoms with Gasteiger partial charge in [-0.15, -0.1) is 0 Å². The van der Waals surface area contributed by atoms with E-state index in [0.29, 0.717) is 12.5 Å². The molecule has 8 nitrogen and oxygen atoms in total. The summed E-state index contributed by atoms with van der Waals surface area (Å²) in [4.78, 5) is 35.0. The first-order valence-electron chi connectivity index (χ1n) is 9.18. The Balaban J connectivity index is 2.45. The van der Waals surface area contributed by atoms with Gasteiger partial charge in [-0.05, 0) is 37.6 Å². The van der Waals surface area contributed by atoms with Crippen molar-refractivity contribution in [3.8, 4) is 5.75 Å². The van der Waals surface area contributed by atoms with Crippen LogP contribution in [0.5, 0.6) is 5.75 Å². The summed E-state index contributed by atoms with van der Waals surface area (Å²) >= 11 is 0. The van der Waals surface area contributed by atoms with Crippen LogP contribution in [0.3, 0.4) is 0 Å². The maximum absolute atomic E-state index is 13.1. The minimum atomic E-state index is -4.66. The zero-order valence-electron chi connectivity index (χ0n) is 16.6. The molecule has 0 spiro atoms. The summed E-state index contributed by atoms with van der Waals surface area (Å²) in [7, 11) is 0. The molecule has 0 aliphatic rings. The number of hydrogen-bond acceptors (Lipinski definition) is 6. The van der Waals surface area contributed by atoms with Crippen molar-refractivity contribution >= 4 is 23.3 Å². The number of nitrogens with zero attached hydrogens (tertiary/aromatic N) is 1. The van der Waals surface area contributed by atoms with E-state index in [-0.39, 0.29) is 35.8 Å². The van der Waals surface area contributed by atoms with E-state index in [4.69, 9.17) is 9.47 Å². The molecule has 0 aromatic heterocycles. The smallest absolute Gasteiger partial charge is 0.416 e. The van der Waals surface area contributed by atoms with Gasteiger partial charge in [0.25, 0.3) is 11.6 Å². The number of nitrogens with one attached hydrogen (secondary N) is 1. The maximum Gasteiger partial charge on any atom is 0.416 e. The second kappa shape index (κ2) is 9.92. The molecule has 11 heteroatoms. The predicted octanol–water partition coefficient (Wildman–Crippen LogP) is 4.83. The fourth-order valence-electron chi connectivity index (χ4n) is 2.52. The van der Waals surface area contributed by atoms with Crippen LogP contribution < -0.4 is 10.1 Å². The summed E-state index contributed by atoms with van der Waals surface area (Å²) in [6.07, 6.45) is -4.09. The summed E-state index contributed by atoms with van der Waals surface area (Å²) in [5.41, 5.74) is -2.39. The molecule has 0 fully saturated rings. The Labute approximate surface area is 175 Å². The quantitative estimate of drug-likeness (QED) is 0.358. The van der Waals surface area contributed by atoms with E-state index < -0.39 is 34.2 Å². The van der Waals surface area contributed by atoms with Crippen LogP contribution in [0.15, 0.2) is 36.4 Å². The lowest BCUT2D eigenvalue weighted by Crippen LogP contribution is -2.16. The first-order chi connectivity index (χ1) is 14.6. The summed E-state index contributed by atoms with van der Waals surface area (Å²) < 4.78 is 49.4. The molecule has 2 aromatic rings. The van der Waals surface area contributed by atoms with Crippen LogP contribution in [0.2, 0.25) is 0 Å². The van der Waals surface area contributed by atoms with Gasteiger partial charge < -0.3 is 14.8 Å². The van der Waals surface area contributed by atoms with Gasteiger partial charge >= 0.3 is 12.1 Å². The molecular weight excluding hydrogens is 421 g/mol. The Morgan fingerprint density at radius 1 is 1.10 bits per heavy atom. The lowest BCUT2D eigenvalue weighted by Gasteiger charge is -2.15. The third-order valence-corrected chi connectivity index (χ3v) is 3.92.